The molecule has 0 N–H and O–H groups in total. The van der Waals surface area contributed by atoms with E-state index < -0.39 is 0 Å². The molecule has 1 saturated heterocycles. The van der Waals surface area contributed by atoms with Crippen molar-refractivity contribution < 1.29 is 9.59 Å². The zero-order valence-corrected chi connectivity index (χ0v) is 28.3. The number of amides is 2. The molecule has 1 aliphatic rings. The van der Waals surface area contributed by atoms with E-state index in [4.69, 9.17) is 0 Å². The highest BCUT2D eigenvalue weighted by Gasteiger charge is 2.43. The molecule has 1 aromatic heterocycles. The second-order valence-corrected chi connectivity index (χ2v) is 12.2. The van der Waals surface area contributed by atoms with Crippen LogP contribution >= 0.6 is 0 Å². The summed E-state index contributed by atoms with van der Waals surface area (Å²) in [5.41, 5.74) is 9.07. The summed E-state index contributed by atoms with van der Waals surface area (Å²) in [6, 6.07) is 26.7. The first-order valence-corrected chi connectivity index (χ1v) is 16.9. The molecule has 6 heteroatoms. The summed E-state index contributed by atoms with van der Waals surface area (Å²) in [7, 11) is 0. The number of nitrogens with zero attached hydrogens (tertiary/aromatic N) is 4. The van der Waals surface area contributed by atoms with Gasteiger partial charge in [-0.2, -0.15) is 0 Å². The van der Waals surface area contributed by atoms with Crippen molar-refractivity contribution in [1.82, 2.24) is 4.57 Å². The second kappa shape index (κ2) is 14.7. The predicted molar refractivity (Wildman–Crippen MR) is 192 cm³/mol. The number of unbranched alkanes of at least 4 members (excludes halogenated alkanes) is 2. The van der Waals surface area contributed by atoms with Crippen LogP contribution in [0.5, 0.6) is 0 Å². The number of aromatic nitrogens is 1. The third kappa shape index (κ3) is 6.67. The van der Waals surface area contributed by atoms with Crippen molar-refractivity contribution >= 4 is 35.0 Å². The fourth-order valence-corrected chi connectivity index (χ4v) is 6.35. The first-order valence-electron chi connectivity index (χ1n) is 16.9. The summed E-state index contributed by atoms with van der Waals surface area (Å²) in [6.07, 6.45) is 8.23. The van der Waals surface area contributed by atoms with Gasteiger partial charge in [0, 0.05) is 35.9 Å². The topological polar surface area (TPSA) is 48.8 Å². The van der Waals surface area contributed by atoms with E-state index in [0.29, 0.717) is 11.4 Å². The number of carbonyl (C=O) groups excluding carboxylic acids is 2. The van der Waals surface area contributed by atoms with E-state index in [0.717, 1.165) is 74.3 Å². The standard InChI is InChI=1S/C40H48N4O2/c1-7-11-13-31-15-19-36(20-16-31)43-39(45)38(40(46)44(43)37-21-17-32(18-22-37)14-12-8-2)28-33-27-29(5)42(30(33)6)35-25-23-34(24-26-35)41(9-3)10-4/h15-28H,7-14H2,1-6H3. The molecule has 0 saturated carbocycles. The van der Waals surface area contributed by atoms with Crippen LogP contribution in [0.1, 0.15) is 81.5 Å². The van der Waals surface area contributed by atoms with Crippen molar-refractivity contribution in [3.8, 4) is 5.69 Å². The van der Waals surface area contributed by atoms with Gasteiger partial charge >= 0.3 is 0 Å². The molecule has 0 aliphatic carbocycles. The van der Waals surface area contributed by atoms with Gasteiger partial charge in [0.15, 0.2) is 0 Å². The van der Waals surface area contributed by atoms with Crippen LogP contribution in [0.2, 0.25) is 0 Å². The molecule has 2 amide bonds. The normalized spacial score (nSPS) is 13.2. The lowest BCUT2D eigenvalue weighted by Gasteiger charge is -2.27. The third-order valence-electron chi connectivity index (χ3n) is 9.05. The average molecular weight is 617 g/mol. The highest BCUT2D eigenvalue weighted by molar-refractivity contribution is 6.38. The van der Waals surface area contributed by atoms with Gasteiger partial charge in [-0.25, -0.2) is 10.0 Å². The summed E-state index contributed by atoms with van der Waals surface area (Å²) in [6.45, 7) is 14.7. The van der Waals surface area contributed by atoms with E-state index in [1.54, 1.807) is 6.08 Å². The Morgan fingerprint density at radius 1 is 0.630 bits per heavy atom. The van der Waals surface area contributed by atoms with Crippen LogP contribution in [-0.4, -0.2) is 29.5 Å². The molecule has 6 nitrogen and oxygen atoms in total. The minimum Gasteiger partial charge on any atom is -0.372 e. The molecule has 0 atom stereocenters. The van der Waals surface area contributed by atoms with Gasteiger partial charge < -0.3 is 9.47 Å². The molecular formula is C40H48N4O2. The van der Waals surface area contributed by atoms with Gasteiger partial charge in [-0.15, -0.1) is 0 Å². The number of hydrogen-bond acceptors (Lipinski definition) is 3. The molecule has 1 aliphatic heterocycles. The summed E-state index contributed by atoms with van der Waals surface area (Å²) >= 11 is 0. The largest absolute Gasteiger partial charge is 0.372 e. The Hall–Kier alpha value is -4.58. The lowest BCUT2D eigenvalue weighted by atomic mass is 10.1. The van der Waals surface area contributed by atoms with Gasteiger partial charge in [-0.3, -0.25) is 9.59 Å². The fourth-order valence-electron chi connectivity index (χ4n) is 6.35. The number of rotatable bonds is 13. The Bertz CT molecular complexity index is 1610. The monoisotopic (exact) mass is 616 g/mol. The first kappa shape index (κ1) is 32.8. The summed E-state index contributed by atoms with van der Waals surface area (Å²) in [5.74, 6) is -0.649. The number of aryl methyl sites for hydroxylation is 3. The van der Waals surface area contributed by atoms with Gasteiger partial charge in [-0.1, -0.05) is 51.0 Å². The van der Waals surface area contributed by atoms with Crippen molar-refractivity contribution in [2.24, 2.45) is 0 Å². The SMILES string of the molecule is CCCCc1ccc(N2C(=O)C(=Cc3cc(C)n(-c4ccc(N(CC)CC)cc4)c3C)C(=O)N2c2ccc(CCCC)cc2)cc1. The molecule has 1 fully saturated rings. The van der Waals surface area contributed by atoms with E-state index in [2.05, 4.69) is 98.7 Å². The maximum Gasteiger partial charge on any atom is 0.283 e. The molecular weight excluding hydrogens is 568 g/mol. The third-order valence-corrected chi connectivity index (χ3v) is 9.05. The average Bonchev–Trinajstić information content (AvgIpc) is 3.50. The van der Waals surface area contributed by atoms with Crippen LogP contribution in [0.15, 0.2) is 84.4 Å². The van der Waals surface area contributed by atoms with Crippen LogP contribution in [-0.2, 0) is 22.4 Å². The molecule has 0 bridgehead atoms. The van der Waals surface area contributed by atoms with E-state index in [1.165, 1.54) is 26.8 Å². The molecule has 240 valence electrons. The Balaban J connectivity index is 1.52. The van der Waals surface area contributed by atoms with Crippen molar-refractivity contribution in [1.29, 1.82) is 0 Å². The predicted octanol–water partition coefficient (Wildman–Crippen LogP) is 9.00. The number of hydrogen-bond donors (Lipinski definition) is 0. The highest BCUT2D eigenvalue weighted by atomic mass is 16.2. The van der Waals surface area contributed by atoms with Crippen molar-refractivity contribution in [3.63, 3.8) is 0 Å². The summed E-state index contributed by atoms with van der Waals surface area (Å²) in [5, 5.41) is 3.06. The fraction of sp³-hybridized carbons (Fsp3) is 0.350. The van der Waals surface area contributed by atoms with E-state index >= 15 is 0 Å². The Morgan fingerprint density at radius 3 is 1.52 bits per heavy atom. The molecule has 2 heterocycles. The number of anilines is 3. The first-order chi connectivity index (χ1) is 22.3. The van der Waals surface area contributed by atoms with Crippen LogP contribution < -0.4 is 14.9 Å². The Kier molecular flexibility index (Phi) is 10.5. The zero-order chi connectivity index (χ0) is 32.8. The maximum atomic E-state index is 14.2. The van der Waals surface area contributed by atoms with Crippen molar-refractivity contribution in [2.45, 2.75) is 80.1 Å². The molecule has 0 unspecified atom stereocenters. The highest BCUT2D eigenvalue weighted by Crippen LogP contribution is 2.34. The lowest BCUT2D eigenvalue weighted by Crippen LogP contribution is -2.41. The molecule has 46 heavy (non-hydrogen) atoms. The van der Waals surface area contributed by atoms with Gasteiger partial charge in [-0.05, 0) is 131 Å². The smallest absolute Gasteiger partial charge is 0.283 e. The second-order valence-electron chi connectivity index (χ2n) is 12.2. The Morgan fingerprint density at radius 2 is 1.09 bits per heavy atom. The van der Waals surface area contributed by atoms with Gasteiger partial charge in [0.2, 0.25) is 0 Å². The minimum atomic E-state index is -0.324. The zero-order valence-electron chi connectivity index (χ0n) is 28.3. The van der Waals surface area contributed by atoms with Gasteiger partial charge in [0.05, 0.1) is 11.4 Å². The molecule has 0 radical (unpaired) electrons. The van der Waals surface area contributed by atoms with Crippen LogP contribution in [0.3, 0.4) is 0 Å². The Labute approximate surface area is 274 Å². The quantitative estimate of drug-likeness (QED) is 0.111. The number of hydrazine groups is 1. The van der Waals surface area contributed by atoms with Crippen LogP contribution in [0.25, 0.3) is 11.8 Å². The van der Waals surface area contributed by atoms with E-state index in [1.807, 2.05) is 31.2 Å². The van der Waals surface area contributed by atoms with Gasteiger partial charge in [0.1, 0.15) is 5.57 Å². The van der Waals surface area contributed by atoms with Gasteiger partial charge in [0.25, 0.3) is 11.8 Å². The molecule has 0 spiro atoms. The lowest BCUT2D eigenvalue weighted by molar-refractivity contribution is -0.116. The molecule has 5 rings (SSSR count). The van der Waals surface area contributed by atoms with E-state index in [9.17, 15) is 9.59 Å². The minimum absolute atomic E-state index is 0.155. The van der Waals surface area contributed by atoms with Crippen LogP contribution in [0, 0.1) is 13.8 Å². The maximum absolute atomic E-state index is 14.2. The summed E-state index contributed by atoms with van der Waals surface area (Å²) in [4.78, 5) is 30.7. The van der Waals surface area contributed by atoms with E-state index in [-0.39, 0.29) is 17.4 Å². The van der Waals surface area contributed by atoms with Crippen molar-refractivity contribution in [2.75, 3.05) is 28.0 Å². The summed E-state index contributed by atoms with van der Waals surface area (Å²) < 4.78 is 2.18. The number of carbonyl (C=O) groups is 2. The molecule has 4 aromatic rings. The number of benzene rings is 3. The van der Waals surface area contributed by atoms with Crippen molar-refractivity contribution in [3.05, 3.63) is 113 Å². The van der Waals surface area contributed by atoms with Crippen LogP contribution in [0.4, 0.5) is 17.1 Å². The molecule has 3 aromatic carbocycles.